The maximum absolute atomic E-state index is 6.12. The van der Waals surface area contributed by atoms with Gasteiger partial charge >= 0.3 is 0 Å². The van der Waals surface area contributed by atoms with Crippen molar-refractivity contribution in [2.75, 3.05) is 36.8 Å². The smallest absolute Gasteiger partial charge is 0.0660 e. The van der Waals surface area contributed by atoms with Gasteiger partial charge in [-0.05, 0) is 24.3 Å². The summed E-state index contributed by atoms with van der Waals surface area (Å²) in [5.74, 6) is 0. The van der Waals surface area contributed by atoms with Gasteiger partial charge in [0.1, 0.15) is 0 Å². The van der Waals surface area contributed by atoms with Crippen LogP contribution in [-0.4, -0.2) is 36.4 Å². The summed E-state index contributed by atoms with van der Waals surface area (Å²) in [6.45, 7) is 4.04. The molecule has 4 N–H and O–H groups in total. The molecule has 0 aliphatic carbocycles. The molecule has 0 atom stereocenters. The van der Waals surface area contributed by atoms with Crippen LogP contribution in [0, 0.1) is 0 Å². The number of halogens is 1. The normalized spacial score (nSPS) is 14.7. The standard InChI is InChI=1S/C10H14ClN3.C3H4N2/c11-9-7-8(12)1-2-10(9)14-5-3-13-4-6-14;1-2-4-5-3-1/h1-2,7,13H,3-6,12H2;1-3H,(H,4,5). The molecule has 19 heavy (non-hydrogen) atoms. The average Bonchev–Trinajstić information content (AvgIpc) is 2.99. The Morgan fingerprint density at radius 3 is 2.58 bits per heavy atom. The van der Waals surface area contributed by atoms with Gasteiger partial charge in [0.25, 0.3) is 0 Å². The molecule has 1 aliphatic rings. The number of piperazine rings is 1. The highest BCUT2D eigenvalue weighted by molar-refractivity contribution is 6.33. The predicted octanol–water partition coefficient (Wildman–Crippen LogP) is 1.74. The van der Waals surface area contributed by atoms with E-state index in [1.807, 2.05) is 18.2 Å². The van der Waals surface area contributed by atoms with E-state index in [0.717, 1.165) is 36.9 Å². The molecule has 0 saturated carbocycles. The molecule has 102 valence electrons. The summed E-state index contributed by atoms with van der Waals surface area (Å²) >= 11 is 6.12. The van der Waals surface area contributed by atoms with Gasteiger partial charge < -0.3 is 16.0 Å². The molecular formula is C13H18ClN5. The molecule has 1 saturated heterocycles. The summed E-state index contributed by atoms with van der Waals surface area (Å²) in [5, 5.41) is 10.3. The first-order valence-electron chi connectivity index (χ1n) is 6.22. The summed E-state index contributed by atoms with van der Waals surface area (Å²) < 4.78 is 0. The number of rotatable bonds is 1. The summed E-state index contributed by atoms with van der Waals surface area (Å²) in [7, 11) is 0. The largest absolute Gasteiger partial charge is 0.399 e. The number of anilines is 2. The molecule has 0 unspecified atom stereocenters. The molecule has 0 amide bonds. The molecule has 0 spiro atoms. The van der Waals surface area contributed by atoms with Crippen molar-refractivity contribution in [2.45, 2.75) is 0 Å². The lowest BCUT2D eigenvalue weighted by Crippen LogP contribution is -2.43. The molecule has 2 aromatic rings. The lowest BCUT2D eigenvalue weighted by atomic mass is 10.2. The van der Waals surface area contributed by atoms with Gasteiger partial charge in [0, 0.05) is 44.3 Å². The Bertz CT molecular complexity index is 463. The van der Waals surface area contributed by atoms with E-state index in [-0.39, 0.29) is 0 Å². The minimum absolute atomic E-state index is 0.717. The van der Waals surface area contributed by atoms with Gasteiger partial charge in [-0.1, -0.05) is 11.6 Å². The van der Waals surface area contributed by atoms with E-state index in [4.69, 9.17) is 17.3 Å². The SMILES string of the molecule is Nc1ccc(N2CCNCC2)c(Cl)c1.c1cn[nH]c1. The summed E-state index contributed by atoms with van der Waals surface area (Å²) in [6.07, 6.45) is 3.46. The molecule has 0 radical (unpaired) electrons. The fourth-order valence-corrected chi connectivity index (χ4v) is 2.21. The first kappa shape index (κ1) is 13.7. The number of nitrogen functional groups attached to an aromatic ring is 1. The number of hydrogen-bond acceptors (Lipinski definition) is 4. The van der Waals surface area contributed by atoms with Crippen LogP contribution in [0.2, 0.25) is 5.02 Å². The van der Waals surface area contributed by atoms with Crippen molar-refractivity contribution in [1.29, 1.82) is 0 Å². The molecule has 2 heterocycles. The summed E-state index contributed by atoms with van der Waals surface area (Å²) in [6, 6.07) is 7.52. The molecule has 5 nitrogen and oxygen atoms in total. The Morgan fingerprint density at radius 2 is 2.05 bits per heavy atom. The van der Waals surface area contributed by atoms with Crippen LogP contribution in [0.3, 0.4) is 0 Å². The number of nitrogens with one attached hydrogen (secondary N) is 2. The first-order valence-corrected chi connectivity index (χ1v) is 6.59. The van der Waals surface area contributed by atoms with Gasteiger partial charge in [-0.2, -0.15) is 5.10 Å². The number of benzene rings is 1. The van der Waals surface area contributed by atoms with E-state index in [0.29, 0.717) is 5.69 Å². The zero-order chi connectivity index (χ0) is 13.5. The van der Waals surface area contributed by atoms with Crippen LogP contribution in [0.15, 0.2) is 36.7 Å². The minimum atomic E-state index is 0.717. The molecule has 0 bridgehead atoms. The number of nitrogens with zero attached hydrogens (tertiary/aromatic N) is 2. The Hall–Kier alpha value is -1.72. The highest BCUT2D eigenvalue weighted by Crippen LogP contribution is 2.27. The van der Waals surface area contributed by atoms with Gasteiger partial charge in [-0.15, -0.1) is 0 Å². The van der Waals surface area contributed by atoms with Gasteiger partial charge in [-0.25, -0.2) is 0 Å². The number of H-pyrrole nitrogens is 1. The van der Waals surface area contributed by atoms with Gasteiger partial charge in [0.05, 0.1) is 10.7 Å². The van der Waals surface area contributed by atoms with Crippen LogP contribution in [0.25, 0.3) is 0 Å². The fourth-order valence-electron chi connectivity index (χ4n) is 1.90. The monoisotopic (exact) mass is 279 g/mol. The Balaban J connectivity index is 0.000000224. The average molecular weight is 280 g/mol. The lowest BCUT2D eigenvalue weighted by molar-refractivity contribution is 0.589. The maximum atomic E-state index is 6.12. The third kappa shape index (κ3) is 4.15. The predicted molar refractivity (Wildman–Crippen MR) is 79.5 cm³/mol. The number of aromatic nitrogens is 2. The molecular weight excluding hydrogens is 262 g/mol. The van der Waals surface area contributed by atoms with Crippen molar-refractivity contribution in [1.82, 2.24) is 15.5 Å². The van der Waals surface area contributed by atoms with Crippen molar-refractivity contribution in [3.63, 3.8) is 0 Å². The Labute approximate surface area is 117 Å². The molecule has 3 rings (SSSR count). The van der Waals surface area contributed by atoms with Gasteiger partial charge in [0.15, 0.2) is 0 Å². The topological polar surface area (TPSA) is 70.0 Å². The highest BCUT2D eigenvalue weighted by Gasteiger charge is 2.12. The van der Waals surface area contributed by atoms with Crippen LogP contribution in [0.4, 0.5) is 11.4 Å². The van der Waals surface area contributed by atoms with Gasteiger partial charge in [-0.3, -0.25) is 5.10 Å². The fraction of sp³-hybridized carbons (Fsp3) is 0.308. The van der Waals surface area contributed by atoms with Crippen LogP contribution >= 0.6 is 11.6 Å². The second-order valence-corrected chi connectivity index (χ2v) is 4.62. The van der Waals surface area contributed by atoms with E-state index in [2.05, 4.69) is 20.4 Å². The van der Waals surface area contributed by atoms with E-state index in [1.54, 1.807) is 18.5 Å². The third-order valence-corrected chi connectivity index (χ3v) is 3.14. The molecule has 1 fully saturated rings. The zero-order valence-corrected chi connectivity index (χ0v) is 11.4. The molecule has 1 aromatic carbocycles. The van der Waals surface area contributed by atoms with Crippen LogP contribution < -0.4 is 16.0 Å². The lowest BCUT2D eigenvalue weighted by Gasteiger charge is -2.30. The van der Waals surface area contributed by atoms with Crippen LogP contribution in [0.1, 0.15) is 0 Å². The molecule has 1 aliphatic heterocycles. The second-order valence-electron chi connectivity index (χ2n) is 4.21. The second kappa shape index (κ2) is 7.01. The number of aromatic amines is 1. The quantitative estimate of drug-likeness (QED) is 0.696. The van der Waals surface area contributed by atoms with Crippen molar-refractivity contribution in [3.8, 4) is 0 Å². The number of nitrogens with two attached hydrogens (primary N) is 1. The van der Waals surface area contributed by atoms with Crippen LogP contribution in [-0.2, 0) is 0 Å². The minimum Gasteiger partial charge on any atom is -0.399 e. The Kier molecular flexibility index (Phi) is 5.06. The van der Waals surface area contributed by atoms with Crippen molar-refractivity contribution < 1.29 is 0 Å². The van der Waals surface area contributed by atoms with E-state index in [9.17, 15) is 0 Å². The van der Waals surface area contributed by atoms with Crippen LogP contribution in [0.5, 0.6) is 0 Å². The first-order chi connectivity index (χ1) is 9.27. The van der Waals surface area contributed by atoms with Crippen molar-refractivity contribution in [3.05, 3.63) is 41.7 Å². The third-order valence-electron chi connectivity index (χ3n) is 2.84. The number of hydrogen-bond donors (Lipinski definition) is 3. The van der Waals surface area contributed by atoms with Crippen molar-refractivity contribution in [2.24, 2.45) is 0 Å². The summed E-state index contributed by atoms with van der Waals surface area (Å²) in [4.78, 5) is 2.28. The van der Waals surface area contributed by atoms with Gasteiger partial charge in [0.2, 0.25) is 0 Å². The summed E-state index contributed by atoms with van der Waals surface area (Å²) in [5.41, 5.74) is 7.44. The zero-order valence-electron chi connectivity index (χ0n) is 10.6. The molecule has 6 heteroatoms. The van der Waals surface area contributed by atoms with Crippen molar-refractivity contribution >= 4 is 23.0 Å². The molecule has 1 aromatic heterocycles. The maximum Gasteiger partial charge on any atom is 0.0660 e. The van der Waals surface area contributed by atoms with E-state index in [1.165, 1.54) is 0 Å². The van der Waals surface area contributed by atoms with E-state index < -0.39 is 0 Å². The van der Waals surface area contributed by atoms with E-state index >= 15 is 0 Å². The highest BCUT2D eigenvalue weighted by atomic mass is 35.5. The Morgan fingerprint density at radius 1 is 1.26 bits per heavy atom.